The first-order valence-electron chi connectivity index (χ1n) is 13.6. The molecule has 0 aliphatic heterocycles. The SMILES string of the molecule is Cn1cc(NS(=O)(=O)c2ccccc2)cc1C(=O)O[C@@H](Cc1c(Cl)c[n+]([O-])cc1Cl)c1ccc(OC(F)F)c(OCC2CC2)c1. The molecule has 0 spiro atoms. The van der Waals surface area contributed by atoms with Crippen LogP contribution >= 0.6 is 23.2 Å². The summed E-state index contributed by atoms with van der Waals surface area (Å²) in [6.07, 6.45) is 4.27. The van der Waals surface area contributed by atoms with Crippen LogP contribution in [0.5, 0.6) is 11.5 Å². The largest absolute Gasteiger partial charge is 0.619 e. The van der Waals surface area contributed by atoms with Crippen molar-refractivity contribution in [1.29, 1.82) is 0 Å². The van der Waals surface area contributed by atoms with E-state index in [2.05, 4.69) is 9.46 Å². The lowest BCUT2D eigenvalue weighted by molar-refractivity contribution is -0.605. The standard InChI is InChI=1S/C30H27Cl2F2N3O7S/c1-36-14-20(35-45(40,41)21-5-3-2-4-6-21)12-25(36)29(38)43-27(13-22-23(31)15-37(39)16-24(22)32)19-9-10-26(44-30(33)34)28(11-19)42-17-18-7-8-18/h2-6,9-12,14-16,18,27,30,35H,7-8,13,17H2,1H3/t27-/m0/s1. The van der Waals surface area contributed by atoms with E-state index >= 15 is 0 Å². The minimum absolute atomic E-state index is 0.00345. The van der Waals surface area contributed by atoms with Gasteiger partial charge in [0.2, 0.25) is 0 Å². The number of rotatable bonds is 13. The normalized spacial score (nSPS) is 13.8. The van der Waals surface area contributed by atoms with Crippen molar-refractivity contribution < 1.29 is 40.9 Å². The van der Waals surface area contributed by atoms with Crippen LogP contribution in [0.3, 0.4) is 0 Å². The van der Waals surface area contributed by atoms with Crippen LogP contribution in [0.4, 0.5) is 14.5 Å². The predicted molar refractivity (Wildman–Crippen MR) is 161 cm³/mol. The number of carbonyl (C=O) groups is 1. The van der Waals surface area contributed by atoms with Crippen LogP contribution in [0.25, 0.3) is 0 Å². The number of esters is 1. The zero-order chi connectivity index (χ0) is 32.3. The Kier molecular flexibility index (Phi) is 9.70. The summed E-state index contributed by atoms with van der Waals surface area (Å²) in [6.45, 7) is -2.81. The summed E-state index contributed by atoms with van der Waals surface area (Å²) in [7, 11) is -2.41. The van der Waals surface area contributed by atoms with Gasteiger partial charge >= 0.3 is 12.6 Å². The molecule has 4 aromatic rings. The molecule has 238 valence electrons. The molecular weight excluding hydrogens is 655 g/mol. The zero-order valence-electron chi connectivity index (χ0n) is 23.7. The van der Waals surface area contributed by atoms with Gasteiger partial charge in [-0.25, -0.2) is 13.2 Å². The fraction of sp³-hybridized carbons (Fsp3) is 0.267. The molecule has 45 heavy (non-hydrogen) atoms. The van der Waals surface area contributed by atoms with Crippen LogP contribution in [-0.4, -0.2) is 32.2 Å². The van der Waals surface area contributed by atoms with Crippen LogP contribution in [0.15, 0.2) is 78.1 Å². The maximum absolute atomic E-state index is 13.5. The first kappa shape index (κ1) is 32.3. The highest BCUT2D eigenvalue weighted by atomic mass is 35.5. The van der Waals surface area contributed by atoms with Gasteiger partial charge in [-0.05, 0) is 54.7 Å². The maximum atomic E-state index is 13.5. The molecule has 1 aliphatic carbocycles. The Hall–Kier alpha value is -4.07. The molecule has 2 aromatic carbocycles. The minimum atomic E-state index is -3.94. The van der Waals surface area contributed by atoms with E-state index in [4.69, 9.17) is 32.7 Å². The van der Waals surface area contributed by atoms with E-state index in [1.807, 2.05) is 0 Å². The maximum Gasteiger partial charge on any atom is 0.387 e. The first-order valence-corrected chi connectivity index (χ1v) is 15.9. The number of sulfonamides is 1. The quantitative estimate of drug-likeness (QED) is 0.0999. The van der Waals surface area contributed by atoms with E-state index in [1.165, 1.54) is 54.2 Å². The third kappa shape index (κ3) is 8.16. The third-order valence-electron chi connectivity index (χ3n) is 6.94. The van der Waals surface area contributed by atoms with Gasteiger partial charge in [0.15, 0.2) is 23.9 Å². The molecule has 0 bridgehead atoms. The molecule has 1 atom stereocenters. The van der Waals surface area contributed by atoms with E-state index in [1.54, 1.807) is 18.2 Å². The highest BCUT2D eigenvalue weighted by Gasteiger charge is 2.28. The highest BCUT2D eigenvalue weighted by Crippen LogP contribution is 2.38. The molecule has 5 rings (SSSR count). The van der Waals surface area contributed by atoms with Crippen LogP contribution in [0, 0.1) is 11.1 Å². The third-order valence-corrected chi connectivity index (χ3v) is 8.99. The minimum Gasteiger partial charge on any atom is -0.619 e. The van der Waals surface area contributed by atoms with E-state index in [0.717, 1.165) is 25.2 Å². The number of aromatic nitrogens is 2. The van der Waals surface area contributed by atoms with Crippen molar-refractivity contribution in [3.8, 4) is 11.5 Å². The van der Waals surface area contributed by atoms with Gasteiger partial charge in [0, 0.05) is 25.2 Å². The van der Waals surface area contributed by atoms with Gasteiger partial charge in [-0.2, -0.15) is 13.5 Å². The van der Waals surface area contributed by atoms with Crippen molar-refractivity contribution in [1.82, 2.24) is 4.57 Å². The molecule has 1 saturated carbocycles. The van der Waals surface area contributed by atoms with Crippen molar-refractivity contribution in [2.24, 2.45) is 13.0 Å². The Balaban J connectivity index is 1.46. The molecule has 15 heteroatoms. The summed E-state index contributed by atoms with van der Waals surface area (Å²) in [5, 5.41) is 11.9. The molecule has 1 aliphatic rings. The van der Waals surface area contributed by atoms with Crippen LogP contribution < -0.4 is 18.9 Å². The number of anilines is 1. The Morgan fingerprint density at radius 1 is 1.09 bits per heavy atom. The number of nitrogens with zero attached hydrogens (tertiary/aromatic N) is 2. The summed E-state index contributed by atoms with van der Waals surface area (Å²) in [6, 6.07) is 13.2. The molecular formula is C30H27Cl2F2N3O7S. The topological polar surface area (TPSA) is 123 Å². The Labute approximate surface area is 267 Å². The van der Waals surface area contributed by atoms with Gasteiger partial charge in [-0.15, -0.1) is 0 Å². The second-order valence-corrected chi connectivity index (χ2v) is 12.9. The number of halogens is 4. The van der Waals surface area contributed by atoms with Gasteiger partial charge in [0.25, 0.3) is 10.0 Å². The van der Waals surface area contributed by atoms with Crippen molar-refractivity contribution in [2.45, 2.75) is 36.9 Å². The lowest BCUT2D eigenvalue weighted by Crippen LogP contribution is -2.25. The molecule has 1 N–H and O–H groups in total. The van der Waals surface area contributed by atoms with Gasteiger partial charge in [0.05, 0.1) is 17.2 Å². The molecule has 0 amide bonds. The van der Waals surface area contributed by atoms with Gasteiger partial charge in [0.1, 0.15) is 21.8 Å². The van der Waals surface area contributed by atoms with Crippen molar-refractivity contribution >= 4 is 44.9 Å². The molecule has 0 unspecified atom stereocenters. The Morgan fingerprint density at radius 2 is 1.78 bits per heavy atom. The molecule has 2 aromatic heterocycles. The number of pyridine rings is 1. The lowest BCUT2D eigenvalue weighted by atomic mass is 10.0. The molecule has 0 saturated heterocycles. The van der Waals surface area contributed by atoms with Crippen molar-refractivity contribution in [3.05, 3.63) is 105 Å². The van der Waals surface area contributed by atoms with Crippen LogP contribution in [0.1, 0.15) is 40.6 Å². The molecule has 2 heterocycles. The van der Waals surface area contributed by atoms with E-state index in [-0.39, 0.29) is 44.2 Å². The molecule has 0 radical (unpaired) electrons. The zero-order valence-corrected chi connectivity index (χ0v) is 26.0. The van der Waals surface area contributed by atoms with Crippen molar-refractivity contribution in [2.75, 3.05) is 11.3 Å². The average molecular weight is 683 g/mol. The lowest BCUT2D eigenvalue weighted by Gasteiger charge is -2.21. The number of aryl methyl sites for hydroxylation is 1. The Morgan fingerprint density at radius 3 is 2.42 bits per heavy atom. The van der Waals surface area contributed by atoms with Gasteiger partial charge < -0.3 is 24.0 Å². The number of ether oxygens (including phenoxy) is 3. The summed E-state index contributed by atoms with van der Waals surface area (Å²) in [5.41, 5.74) is 0.736. The fourth-order valence-corrected chi connectivity index (χ4v) is 6.14. The second-order valence-electron chi connectivity index (χ2n) is 10.4. The number of carbonyl (C=O) groups excluding carboxylic acids is 1. The second kappa shape index (κ2) is 13.5. The summed E-state index contributed by atoms with van der Waals surface area (Å²) in [4.78, 5) is 13.6. The van der Waals surface area contributed by atoms with Crippen LogP contribution in [0.2, 0.25) is 10.0 Å². The van der Waals surface area contributed by atoms with Gasteiger partial charge in [-0.3, -0.25) is 4.72 Å². The number of nitrogens with one attached hydrogen (secondary N) is 1. The van der Waals surface area contributed by atoms with E-state index in [9.17, 15) is 27.2 Å². The first-order chi connectivity index (χ1) is 21.4. The molecule has 1 fully saturated rings. The number of hydrogen-bond acceptors (Lipinski definition) is 7. The monoisotopic (exact) mass is 681 g/mol. The van der Waals surface area contributed by atoms with Crippen molar-refractivity contribution in [3.63, 3.8) is 0 Å². The highest BCUT2D eigenvalue weighted by molar-refractivity contribution is 7.92. The summed E-state index contributed by atoms with van der Waals surface area (Å²) >= 11 is 12.6. The predicted octanol–water partition coefficient (Wildman–Crippen LogP) is 6.30. The van der Waals surface area contributed by atoms with Gasteiger partial charge in [-0.1, -0.05) is 47.5 Å². The van der Waals surface area contributed by atoms with E-state index < -0.39 is 28.7 Å². The van der Waals surface area contributed by atoms with E-state index in [0.29, 0.717) is 28.4 Å². The number of benzene rings is 2. The molecule has 10 nitrogen and oxygen atoms in total. The summed E-state index contributed by atoms with van der Waals surface area (Å²) < 4.78 is 72.5. The average Bonchev–Trinajstić information content (AvgIpc) is 3.74. The Bertz CT molecular complexity index is 1780. The number of hydrogen-bond donors (Lipinski definition) is 1. The smallest absolute Gasteiger partial charge is 0.387 e. The fourth-order valence-electron chi connectivity index (χ4n) is 4.49. The summed E-state index contributed by atoms with van der Waals surface area (Å²) in [5.74, 6) is -0.711. The van der Waals surface area contributed by atoms with Crippen LogP contribution in [-0.2, 0) is 28.2 Å². The number of alkyl halides is 2.